The molecule has 0 spiro atoms. The van der Waals surface area contributed by atoms with E-state index in [1.807, 2.05) is 0 Å². The molecule has 130 valence electrons. The quantitative estimate of drug-likeness (QED) is 0.129. The molecule has 22 heavy (non-hydrogen) atoms. The Kier molecular flexibility index (Phi) is 18.6. The Hall–Kier alpha value is -2.44. The average molecular weight is 324 g/mol. The second-order valence-electron chi connectivity index (χ2n) is 3.59. The van der Waals surface area contributed by atoms with Crippen molar-refractivity contribution in [2.75, 3.05) is 19.6 Å². The van der Waals surface area contributed by atoms with Crippen molar-refractivity contribution in [1.29, 1.82) is 0 Å². The van der Waals surface area contributed by atoms with Gasteiger partial charge in [-0.1, -0.05) is 0 Å². The molecule has 0 amide bonds. The summed E-state index contributed by atoms with van der Waals surface area (Å²) in [6, 6.07) is -0.820. The summed E-state index contributed by atoms with van der Waals surface area (Å²) < 4.78 is 0. The van der Waals surface area contributed by atoms with Crippen molar-refractivity contribution in [2.45, 2.75) is 18.9 Å². The number of aliphatic carboxylic acids is 3. The van der Waals surface area contributed by atoms with Crippen molar-refractivity contribution in [2.24, 2.45) is 33.7 Å². The molecule has 12 nitrogen and oxygen atoms in total. The first kappa shape index (κ1) is 24.6. The number of rotatable bonds is 7. The van der Waals surface area contributed by atoms with Crippen molar-refractivity contribution >= 4 is 23.9 Å². The molecule has 13 N–H and O–H groups in total. The van der Waals surface area contributed by atoms with E-state index in [0.717, 1.165) is 0 Å². The molecule has 0 saturated heterocycles. The van der Waals surface area contributed by atoms with Gasteiger partial charge in [-0.3, -0.25) is 19.4 Å². The molecule has 0 unspecified atom stereocenters. The highest BCUT2D eigenvalue weighted by Crippen LogP contribution is 1.94. The lowest BCUT2D eigenvalue weighted by Gasteiger charge is -2.03. The summed E-state index contributed by atoms with van der Waals surface area (Å²) in [6.07, 6.45) is 0.956. The maximum absolute atomic E-state index is 10.2. The zero-order valence-corrected chi connectivity index (χ0v) is 12.0. The lowest BCUT2D eigenvalue weighted by atomic mass is 10.2. The third-order valence-corrected chi connectivity index (χ3v) is 1.63. The van der Waals surface area contributed by atoms with E-state index < -0.39 is 23.9 Å². The van der Waals surface area contributed by atoms with Crippen LogP contribution in [-0.4, -0.2) is 64.9 Å². The van der Waals surface area contributed by atoms with E-state index >= 15 is 0 Å². The van der Waals surface area contributed by atoms with Gasteiger partial charge in [0.15, 0.2) is 5.96 Å². The molecule has 0 bridgehead atoms. The smallest absolute Gasteiger partial charge is 0.320 e. The Labute approximate surface area is 126 Å². The second kappa shape index (κ2) is 16.6. The van der Waals surface area contributed by atoms with E-state index in [1.165, 1.54) is 0 Å². The lowest BCUT2D eigenvalue weighted by Crippen LogP contribution is -2.30. The largest absolute Gasteiger partial charge is 0.480 e. The molecule has 0 aromatic rings. The van der Waals surface area contributed by atoms with Crippen LogP contribution in [0.4, 0.5) is 0 Å². The topological polar surface area (TPSA) is 254 Å². The van der Waals surface area contributed by atoms with Crippen molar-refractivity contribution in [3.05, 3.63) is 0 Å². The Morgan fingerprint density at radius 2 is 1.32 bits per heavy atom. The van der Waals surface area contributed by atoms with Crippen LogP contribution in [0.3, 0.4) is 0 Å². The first-order valence-corrected chi connectivity index (χ1v) is 5.95. The van der Waals surface area contributed by atoms with Gasteiger partial charge in [-0.05, 0) is 12.8 Å². The van der Waals surface area contributed by atoms with Crippen molar-refractivity contribution in [3.63, 3.8) is 0 Å². The predicted octanol–water partition coefficient (Wildman–Crippen LogP) is -3.49. The van der Waals surface area contributed by atoms with Gasteiger partial charge in [0, 0.05) is 6.54 Å². The van der Waals surface area contributed by atoms with E-state index in [-0.39, 0.29) is 19.0 Å². The number of carbonyl (C=O) groups is 3. The molecule has 0 fully saturated rings. The van der Waals surface area contributed by atoms with Gasteiger partial charge in [0.05, 0.1) is 13.1 Å². The minimum Gasteiger partial charge on any atom is -0.480 e. The summed E-state index contributed by atoms with van der Waals surface area (Å²) in [7, 11) is 0. The highest BCUT2D eigenvalue weighted by molar-refractivity contribution is 5.75. The predicted molar refractivity (Wildman–Crippen MR) is 78.9 cm³/mol. The molecule has 0 aromatic carbocycles. The van der Waals surface area contributed by atoms with Gasteiger partial charge in [0.1, 0.15) is 6.04 Å². The Balaban J connectivity index is -0.000000298. The highest BCUT2D eigenvalue weighted by Gasteiger charge is 2.09. The van der Waals surface area contributed by atoms with Gasteiger partial charge in [0.2, 0.25) is 0 Å². The van der Waals surface area contributed by atoms with Gasteiger partial charge in [-0.15, -0.1) is 0 Å². The fraction of sp³-hybridized carbons (Fsp3) is 0.600. The average Bonchev–Trinajstić information content (AvgIpc) is 2.44. The second-order valence-corrected chi connectivity index (χ2v) is 3.59. The summed E-state index contributed by atoms with van der Waals surface area (Å²) in [5, 5.41) is 23.6. The summed E-state index contributed by atoms with van der Waals surface area (Å²) in [6.45, 7) is -0.136. The molecule has 0 heterocycles. The van der Waals surface area contributed by atoms with E-state index in [9.17, 15) is 14.4 Å². The summed E-state index contributed by atoms with van der Waals surface area (Å²) in [5.74, 6) is -2.92. The van der Waals surface area contributed by atoms with Crippen molar-refractivity contribution < 1.29 is 29.7 Å². The van der Waals surface area contributed by atoms with E-state index in [1.54, 1.807) is 0 Å². The normalized spacial score (nSPS) is 9.95. The Morgan fingerprint density at radius 1 is 0.955 bits per heavy atom. The van der Waals surface area contributed by atoms with Crippen LogP contribution in [0, 0.1) is 0 Å². The first-order valence-electron chi connectivity index (χ1n) is 5.95. The molecule has 0 aliphatic heterocycles. The summed E-state index contributed by atoms with van der Waals surface area (Å²) in [5.41, 5.74) is 24.5. The summed E-state index contributed by atoms with van der Waals surface area (Å²) in [4.78, 5) is 32.4. The van der Waals surface area contributed by atoms with E-state index in [0.29, 0.717) is 19.4 Å². The summed E-state index contributed by atoms with van der Waals surface area (Å²) >= 11 is 0. The molecule has 1 atom stereocenters. The fourth-order valence-corrected chi connectivity index (χ4v) is 0.643. The maximum Gasteiger partial charge on any atom is 0.320 e. The Bertz CT molecular complexity index is 344. The van der Waals surface area contributed by atoms with Gasteiger partial charge >= 0.3 is 17.9 Å². The van der Waals surface area contributed by atoms with Gasteiger partial charge in [-0.25, -0.2) is 0 Å². The zero-order valence-electron chi connectivity index (χ0n) is 12.0. The lowest BCUT2D eigenvalue weighted by molar-refractivity contribution is -0.139. The number of carboxylic acids is 3. The fourth-order valence-electron chi connectivity index (χ4n) is 0.643. The van der Waals surface area contributed by atoms with Crippen molar-refractivity contribution in [3.8, 4) is 0 Å². The molecule has 0 aliphatic carbocycles. The zero-order chi connectivity index (χ0) is 18.1. The van der Waals surface area contributed by atoms with Crippen molar-refractivity contribution in [1.82, 2.24) is 0 Å². The molecule has 0 radical (unpaired) electrons. The van der Waals surface area contributed by atoms with Crippen LogP contribution in [-0.2, 0) is 14.4 Å². The molecule has 0 aliphatic rings. The number of nitrogens with zero attached hydrogens (tertiary/aromatic N) is 1. The third kappa shape index (κ3) is 30.5. The van der Waals surface area contributed by atoms with E-state index in [2.05, 4.69) is 16.5 Å². The number of hydrogen-bond donors (Lipinski definition) is 8. The van der Waals surface area contributed by atoms with Crippen LogP contribution < -0.4 is 28.7 Å². The molecule has 0 rings (SSSR count). The SMILES string of the molecule is NC(N)=NCCC[C@H](N)C(=O)O.NCC(=O)O.NCC(=O)O. The number of nitrogens with two attached hydrogens (primary N) is 5. The maximum atomic E-state index is 10.2. The van der Waals surface area contributed by atoms with Crippen LogP contribution in [0.1, 0.15) is 12.8 Å². The standard InChI is InChI=1S/C6H14N4O2.2C2H5NO2/c7-4(5(11)12)2-1-3-10-6(8)9;2*3-1-2(4)5/h4H,1-3,7H2,(H,11,12)(H4,8,9,10);2*1,3H2,(H,4,5)/t4-;;/m0../s1. The molecular weight excluding hydrogens is 300 g/mol. The number of carboxylic acid groups (broad SMARTS) is 3. The van der Waals surface area contributed by atoms with Crippen LogP contribution in [0.15, 0.2) is 4.99 Å². The van der Waals surface area contributed by atoms with Crippen LogP contribution in [0.5, 0.6) is 0 Å². The monoisotopic (exact) mass is 324 g/mol. The minimum atomic E-state index is -1.00. The van der Waals surface area contributed by atoms with Crippen LogP contribution in [0.25, 0.3) is 0 Å². The van der Waals surface area contributed by atoms with Gasteiger partial charge < -0.3 is 44.0 Å². The third-order valence-electron chi connectivity index (χ3n) is 1.63. The van der Waals surface area contributed by atoms with Gasteiger partial charge in [0.25, 0.3) is 0 Å². The highest BCUT2D eigenvalue weighted by atomic mass is 16.4. The van der Waals surface area contributed by atoms with Gasteiger partial charge in [-0.2, -0.15) is 0 Å². The first-order chi connectivity index (χ1) is 10.1. The molecular formula is C10H24N6O6. The van der Waals surface area contributed by atoms with Crippen LogP contribution >= 0.6 is 0 Å². The molecule has 0 aromatic heterocycles. The number of aliphatic imine (C=N–C) groups is 1. The van der Waals surface area contributed by atoms with E-state index in [4.69, 9.17) is 32.5 Å². The van der Waals surface area contributed by atoms with Crippen LogP contribution in [0.2, 0.25) is 0 Å². The molecule has 0 saturated carbocycles. The molecule has 12 heteroatoms. The number of hydrogen-bond acceptors (Lipinski definition) is 7. The minimum absolute atomic E-state index is 0.0129. The Morgan fingerprint density at radius 3 is 1.55 bits per heavy atom. The number of guanidine groups is 1.